The molecular weight excluding hydrogens is 250 g/mol. The zero-order chi connectivity index (χ0) is 13.8. The molecule has 1 aromatic carbocycles. The second kappa shape index (κ2) is 6.14. The Bertz CT molecular complexity index is 511. The molecule has 0 bridgehead atoms. The third kappa shape index (κ3) is 3.23. The Kier molecular flexibility index (Phi) is 4.07. The predicted molar refractivity (Wildman–Crippen MR) is 79.1 cm³/mol. The fourth-order valence-electron chi connectivity index (χ4n) is 2.77. The first-order chi connectivity index (χ1) is 9.81. The van der Waals surface area contributed by atoms with Crippen molar-refractivity contribution in [2.45, 2.75) is 25.4 Å². The van der Waals surface area contributed by atoms with Crippen molar-refractivity contribution in [2.75, 3.05) is 20.1 Å². The van der Waals surface area contributed by atoms with Gasteiger partial charge < -0.3 is 14.1 Å². The van der Waals surface area contributed by atoms with Crippen molar-refractivity contribution in [1.29, 1.82) is 0 Å². The van der Waals surface area contributed by atoms with Crippen LogP contribution in [-0.2, 0) is 12.8 Å². The number of furan rings is 1. The van der Waals surface area contributed by atoms with Crippen LogP contribution in [0.4, 0.5) is 0 Å². The summed E-state index contributed by atoms with van der Waals surface area (Å²) in [6.07, 6.45) is 5.18. The van der Waals surface area contributed by atoms with Gasteiger partial charge in [0.2, 0.25) is 0 Å². The van der Waals surface area contributed by atoms with E-state index >= 15 is 0 Å². The van der Waals surface area contributed by atoms with Crippen molar-refractivity contribution in [2.24, 2.45) is 0 Å². The second-order valence-electron chi connectivity index (χ2n) is 5.50. The van der Waals surface area contributed by atoms with Gasteiger partial charge in [0, 0.05) is 19.4 Å². The van der Waals surface area contributed by atoms with E-state index in [9.17, 15) is 0 Å². The van der Waals surface area contributed by atoms with Gasteiger partial charge >= 0.3 is 0 Å². The van der Waals surface area contributed by atoms with Crippen LogP contribution in [0.2, 0.25) is 0 Å². The summed E-state index contributed by atoms with van der Waals surface area (Å²) in [5.41, 5.74) is 1.33. The number of fused-ring (bicyclic) bond motifs is 1. The SMILES string of the molecule is CN(CCCc1ccco1)CC1Cc2ccccc2O1. The predicted octanol–water partition coefficient (Wildman–Crippen LogP) is 3.15. The van der Waals surface area contributed by atoms with Gasteiger partial charge in [-0.3, -0.25) is 0 Å². The lowest BCUT2D eigenvalue weighted by Gasteiger charge is -2.20. The van der Waals surface area contributed by atoms with Crippen LogP contribution in [0.1, 0.15) is 17.7 Å². The highest BCUT2D eigenvalue weighted by molar-refractivity contribution is 5.37. The minimum atomic E-state index is 0.293. The van der Waals surface area contributed by atoms with Crippen LogP contribution in [0.3, 0.4) is 0 Å². The number of nitrogens with zero attached hydrogens (tertiary/aromatic N) is 1. The van der Waals surface area contributed by atoms with Gasteiger partial charge in [-0.2, -0.15) is 0 Å². The summed E-state index contributed by atoms with van der Waals surface area (Å²) < 4.78 is 11.3. The van der Waals surface area contributed by atoms with Gasteiger partial charge in [-0.1, -0.05) is 18.2 Å². The Balaban J connectivity index is 1.41. The molecule has 1 aromatic heterocycles. The molecule has 0 spiro atoms. The van der Waals surface area contributed by atoms with Crippen LogP contribution in [0.5, 0.6) is 5.75 Å². The number of para-hydroxylation sites is 1. The van der Waals surface area contributed by atoms with Crippen LogP contribution in [0.15, 0.2) is 47.1 Å². The average Bonchev–Trinajstić information content (AvgIpc) is 3.06. The van der Waals surface area contributed by atoms with E-state index in [2.05, 4.69) is 30.1 Å². The van der Waals surface area contributed by atoms with Crippen LogP contribution in [-0.4, -0.2) is 31.1 Å². The fraction of sp³-hybridized carbons (Fsp3) is 0.412. The van der Waals surface area contributed by atoms with Gasteiger partial charge in [-0.25, -0.2) is 0 Å². The largest absolute Gasteiger partial charge is 0.488 e. The summed E-state index contributed by atoms with van der Waals surface area (Å²) in [6, 6.07) is 12.3. The molecule has 0 N–H and O–H groups in total. The highest BCUT2D eigenvalue weighted by Crippen LogP contribution is 2.28. The van der Waals surface area contributed by atoms with Crippen molar-refractivity contribution in [3.05, 3.63) is 54.0 Å². The van der Waals surface area contributed by atoms with Crippen LogP contribution >= 0.6 is 0 Å². The normalized spacial score (nSPS) is 17.2. The minimum Gasteiger partial charge on any atom is -0.488 e. The van der Waals surface area contributed by atoms with Crippen molar-refractivity contribution in [3.63, 3.8) is 0 Å². The molecule has 0 saturated carbocycles. The van der Waals surface area contributed by atoms with Crippen molar-refractivity contribution in [3.8, 4) is 5.75 Å². The maximum absolute atomic E-state index is 5.97. The van der Waals surface area contributed by atoms with Gasteiger partial charge in [-0.05, 0) is 43.8 Å². The van der Waals surface area contributed by atoms with Crippen LogP contribution in [0.25, 0.3) is 0 Å². The molecule has 106 valence electrons. The van der Waals surface area contributed by atoms with E-state index in [4.69, 9.17) is 9.15 Å². The molecule has 3 nitrogen and oxygen atoms in total. The molecular formula is C17H21NO2. The third-order valence-corrected chi connectivity index (χ3v) is 3.77. The van der Waals surface area contributed by atoms with E-state index < -0.39 is 0 Å². The zero-order valence-electron chi connectivity index (χ0n) is 11.9. The molecule has 2 aromatic rings. The van der Waals surface area contributed by atoms with Gasteiger partial charge in [0.05, 0.1) is 6.26 Å². The molecule has 1 aliphatic rings. The molecule has 1 aliphatic heterocycles. The second-order valence-corrected chi connectivity index (χ2v) is 5.50. The first kappa shape index (κ1) is 13.3. The first-order valence-corrected chi connectivity index (χ1v) is 7.27. The first-order valence-electron chi connectivity index (χ1n) is 7.27. The summed E-state index contributed by atoms with van der Waals surface area (Å²) in [5, 5.41) is 0. The van der Waals surface area contributed by atoms with Gasteiger partial charge in [0.25, 0.3) is 0 Å². The Morgan fingerprint density at radius 2 is 2.10 bits per heavy atom. The standard InChI is InChI=1S/C17H21NO2/c1-18(10-4-7-15-8-5-11-19-15)13-16-12-14-6-2-3-9-17(14)20-16/h2-3,5-6,8-9,11,16H,4,7,10,12-13H2,1H3. The summed E-state index contributed by atoms with van der Waals surface area (Å²) in [6.45, 7) is 2.05. The Hall–Kier alpha value is -1.74. The number of hydrogen-bond acceptors (Lipinski definition) is 3. The summed E-state index contributed by atoms with van der Waals surface area (Å²) >= 11 is 0. The fourth-order valence-corrected chi connectivity index (χ4v) is 2.77. The molecule has 0 radical (unpaired) electrons. The lowest BCUT2D eigenvalue weighted by Crippen LogP contribution is -2.32. The summed E-state index contributed by atoms with van der Waals surface area (Å²) in [4.78, 5) is 2.35. The molecule has 20 heavy (non-hydrogen) atoms. The summed E-state index contributed by atoms with van der Waals surface area (Å²) in [5.74, 6) is 2.13. The topological polar surface area (TPSA) is 25.6 Å². The number of ether oxygens (including phenoxy) is 1. The monoisotopic (exact) mass is 271 g/mol. The van der Waals surface area contributed by atoms with Crippen molar-refractivity contribution >= 4 is 0 Å². The van der Waals surface area contributed by atoms with Crippen molar-refractivity contribution < 1.29 is 9.15 Å². The number of benzene rings is 1. The van der Waals surface area contributed by atoms with E-state index in [-0.39, 0.29) is 0 Å². The Morgan fingerprint density at radius 3 is 2.90 bits per heavy atom. The molecule has 3 rings (SSSR count). The van der Waals surface area contributed by atoms with E-state index in [1.54, 1.807) is 6.26 Å². The Morgan fingerprint density at radius 1 is 1.20 bits per heavy atom. The quantitative estimate of drug-likeness (QED) is 0.807. The number of rotatable bonds is 6. The van der Waals surface area contributed by atoms with Crippen molar-refractivity contribution in [1.82, 2.24) is 4.90 Å². The van der Waals surface area contributed by atoms with E-state index in [0.717, 1.165) is 43.9 Å². The highest BCUT2D eigenvalue weighted by Gasteiger charge is 2.23. The Labute approximate surface area is 120 Å². The van der Waals surface area contributed by atoms with Crippen LogP contribution in [0, 0.1) is 0 Å². The molecule has 0 saturated heterocycles. The molecule has 1 unspecified atom stereocenters. The van der Waals surface area contributed by atoms with Gasteiger partial charge in [0.15, 0.2) is 0 Å². The summed E-state index contributed by atoms with van der Waals surface area (Å²) in [7, 11) is 2.16. The lowest BCUT2D eigenvalue weighted by atomic mass is 10.1. The van der Waals surface area contributed by atoms with E-state index in [0.29, 0.717) is 6.10 Å². The molecule has 0 aliphatic carbocycles. The molecule has 2 heterocycles. The molecule has 1 atom stereocenters. The lowest BCUT2D eigenvalue weighted by molar-refractivity contribution is 0.167. The minimum absolute atomic E-state index is 0.293. The number of aryl methyl sites for hydroxylation is 1. The van der Waals surface area contributed by atoms with Gasteiger partial charge in [0.1, 0.15) is 17.6 Å². The molecule has 0 amide bonds. The molecule has 3 heteroatoms. The molecule has 0 fully saturated rings. The van der Waals surface area contributed by atoms with E-state index in [1.165, 1.54) is 5.56 Å². The van der Waals surface area contributed by atoms with E-state index in [1.807, 2.05) is 18.2 Å². The zero-order valence-corrected chi connectivity index (χ0v) is 11.9. The average molecular weight is 271 g/mol. The number of hydrogen-bond donors (Lipinski definition) is 0. The number of likely N-dealkylation sites (N-methyl/N-ethyl adjacent to an activating group) is 1. The smallest absolute Gasteiger partial charge is 0.123 e. The highest BCUT2D eigenvalue weighted by atomic mass is 16.5. The maximum atomic E-state index is 5.97. The third-order valence-electron chi connectivity index (χ3n) is 3.77. The van der Waals surface area contributed by atoms with Gasteiger partial charge in [-0.15, -0.1) is 0 Å². The maximum Gasteiger partial charge on any atom is 0.123 e. The van der Waals surface area contributed by atoms with Crippen LogP contribution < -0.4 is 4.74 Å².